The maximum absolute atomic E-state index is 12.1. The minimum Gasteiger partial charge on any atom is -0.230 e. The first kappa shape index (κ1) is 13.0. The Hall–Kier alpha value is -0.0700. The van der Waals surface area contributed by atoms with E-state index in [1.54, 1.807) is 18.2 Å². The Balaban J connectivity index is 3.19. The van der Waals surface area contributed by atoms with E-state index in [1.165, 1.54) is 0 Å². The highest BCUT2D eigenvalue weighted by Crippen LogP contribution is 2.35. The van der Waals surface area contributed by atoms with Crippen molar-refractivity contribution in [2.45, 2.75) is 6.18 Å². The second kappa shape index (κ2) is 4.84. The normalized spacial score (nSPS) is 13.1. The van der Waals surface area contributed by atoms with Gasteiger partial charge in [0.15, 0.2) is 0 Å². The first-order valence-electron chi connectivity index (χ1n) is 3.58. The molecule has 0 bridgehead atoms. The molecule has 1 rings (SSSR count). The van der Waals surface area contributed by atoms with Crippen LogP contribution in [0.4, 0.5) is 18.9 Å². The zero-order chi connectivity index (χ0) is 11.6. The van der Waals surface area contributed by atoms with Gasteiger partial charge in [-0.3, -0.25) is 0 Å². The van der Waals surface area contributed by atoms with Gasteiger partial charge in [0.2, 0.25) is 5.17 Å². The predicted octanol–water partition coefficient (Wildman–Crippen LogP) is 5.04. The van der Waals surface area contributed by atoms with Gasteiger partial charge in [0.1, 0.15) is 0 Å². The molecule has 0 saturated heterocycles. The lowest BCUT2D eigenvalue weighted by Gasteiger charge is -2.05. The van der Waals surface area contributed by atoms with Gasteiger partial charge in [-0.15, -0.1) is 0 Å². The molecule has 0 N–H and O–H groups in total. The SMILES string of the molecule is FC(F)(F)C(Cl)=Nc1c(Br)cccc1Br. The fraction of sp³-hybridized carbons (Fsp3) is 0.125. The molecule has 15 heavy (non-hydrogen) atoms. The molecular formula is C8H3Br2ClF3N. The zero-order valence-electron chi connectivity index (χ0n) is 6.95. The van der Waals surface area contributed by atoms with Gasteiger partial charge in [0, 0.05) is 8.95 Å². The van der Waals surface area contributed by atoms with Crippen molar-refractivity contribution in [3.63, 3.8) is 0 Å². The number of para-hydroxylation sites is 1. The number of benzene rings is 1. The fourth-order valence-corrected chi connectivity index (χ4v) is 2.02. The van der Waals surface area contributed by atoms with Gasteiger partial charge in [0.25, 0.3) is 0 Å². The highest BCUT2D eigenvalue weighted by atomic mass is 79.9. The number of aliphatic imine (C=N–C) groups is 1. The van der Waals surface area contributed by atoms with Crippen LogP contribution >= 0.6 is 43.5 Å². The Morgan fingerprint density at radius 1 is 1.20 bits per heavy atom. The van der Waals surface area contributed by atoms with Crippen molar-refractivity contribution < 1.29 is 13.2 Å². The topological polar surface area (TPSA) is 12.4 Å². The number of alkyl halides is 3. The summed E-state index contributed by atoms with van der Waals surface area (Å²) in [5, 5.41) is -1.41. The van der Waals surface area contributed by atoms with Gasteiger partial charge in [-0.25, -0.2) is 4.99 Å². The Bertz CT molecular complexity index is 383. The fourth-order valence-electron chi connectivity index (χ4n) is 0.757. The van der Waals surface area contributed by atoms with Crippen molar-refractivity contribution >= 4 is 54.3 Å². The zero-order valence-corrected chi connectivity index (χ0v) is 10.9. The molecule has 0 aliphatic rings. The van der Waals surface area contributed by atoms with Gasteiger partial charge in [-0.1, -0.05) is 17.7 Å². The quantitative estimate of drug-likeness (QED) is 0.618. The molecule has 82 valence electrons. The Kier molecular flexibility index (Phi) is 4.20. The van der Waals surface area contributed by atoms with Crippen molar-refractivity contribution in [2.75, 3.05) is 0 Å². The Morgan fingerprint density at radius 3 is 2.07 bits per heavy atom. The molecule has 1 nitrogen and oxygen atoms in total. The van der Waals surface area contributed by atoms with Gasteiger partial charge in [-0.2, -0.15) is 13.2 Å². The van der Waals surface area contributed by atoms with Crippen LogP contribution in [0.3, 0.4) is 0 Å². The van der Waals surface area contributed by atoms with Crippen molar-refractivity contribution in [3.8, 4) is 0 Å². The van der Waals surface area contributed by atoms with Crippen LogP contribution < -0.4 is 0 Å². The number of rotatable bonds is 1. The standard InChI is InChI=1S/C8H3Br2ClF3N/c9-4-2-1-3-5(10)6(4)15-7(11)8(12,13)14/h1-3H. The molecule has 0 fully saturated rings. The maximum Gasteiger partial charge on any atom is 0.444 e. The summed E-state index contributed by atoms with van der Waals surface area (Å²) in [5.41, 5.74) is 0.111. The Labute approximate surface area is 106 Å². The summed E-state index contributed by atoms with van der Waals surface area (Å²) in [6, 6.07) is 4.81. The molecular weight excluding hydrogens is 362 g/mol. The molecule has 0 saturated carbocycles. The van der Waals surface area contributed by atoms with Crippen LogP contribution in [0.15, 0.2) is 32.1 Å². The van der Waals surface area contributed by atoms with Gasteiger partial charge < -0.3 is 0 Å². The summed E-state index contributed by atoms with van der Waals surface area (Å²) >= 11 is 11.2. The van der Waals surface area contributed by atoms with E-state index in [0.29, 0.717) is 8.95 Å². The van der Waals surface area contributed by atoms with Crippen LogP contribution in [0.2, 0.25) is 0 Å². The smallest absolute Gasteiger partial charge is 0.230 e. The summed E-state index contributed by atoms with van der Waals surface area (Å²) < 4.78 is 37.2. The van der Waals surface area contributed by atoms with E-state index in [4.69, 9.17) is 11.6 Å². The molecule has 0 atom stereocenters. The van der Waals surface area contributed by atoms with Crippen LogP contribution in [-0.4, -0.2) is 11.3 Å². The molecule has 0 heterocycles. The van der Waals surface area contributed by atoms with Gasteiger partial charge >= 0.3 is 6.18 Å². The number of halogens is 6. The van der Waals surface area contributed by atoms with Crippen molar-refractivity contribution in [1.29, 1.82) is 0 Å². The van der Waals surface area contributed by atoms with Crippen LogP contribution in [0, 0.1) is 0 Å². The minimum absolute atomic E-state index is 0.111. The summed E-state index contributed by atoms with van der Waals surface area (Å²) in [4.78, 5) is 3.29. The molecule has 0 spiro atoms. The predicted molar refractivity (Wildman–Crippen MR) is 60.8 cm³/mol. The van der Waals surface area contributed by atoms with E-state index in [2.05, 4.69) is 36.9 Å². The molecule has 0 unspecified atom stereocenters. The van der Waals surface area contributed by atoms with Crippen molar-refractivity contribution in [2.24, 2.45) is 4.99 Å². The maximum atomic E-state index is 12.1. The summed E-state index contributed by atoms with van der Waals surface area (Å²) in [5.74, 6) is 0. The summed E-state index contributed by atoms with van der Waals surface area (Å²) in [7, 11) is 0. The average molecular weight is 365 g/mol. The number of hydrogen-bond donors (Lipinski definition) is 0. The van der Waals surface area contributed by atoms with Crippen molar-refractivity contribution in [1.82, 2.24) is 0 Å². The summed E-state index contributed by atoms with van der Waals surface area (Å²) in [6.07, 6.45) is -4.63. The monoisotopic (exact) mass is 363 g/mol. The van der Waals surface area contributed by atoms with E-state index in [9.17, 15) is 13.2 Å². The van der Waals surface area contributed by atoms with E-state index in [-0.39, 0.29) is 5.69 Å². The first-order chi connectivity index (χ1) is 6.82. The second-order valence-corrected chi connectivity index (χ2v) is 4.54. The third-order valence-corrected chi connectivity index (χ3v) is 2.96. The van der Waals surface area contributed by atoms with Crippen molar-refractivity contribution in [3.05, 3.63) is 27.1 Å². The van der Waals surface area contributed by atoms with Crippen LogP contribution in [0.1, 0.15) is 0 Å². The van der Waals surface area contributed by atoms with Crippen LogP contribution in [-0.2, 0) is 0 Å². The van der Waals surface area contributed by atoms with E-state index in [1.807, 2.05) is 0 Å². The largest absolute Gasteiger partial charge is 0.444 e. The molecule has 7 heteroatoms. The highest BCUT2D eigenvalue weighted by Gasteiger charge is 2.34. The second-order valence-electron chi connectivity index (χ2n) is 2.47. The number of hydrogen-bond acceptors (Lipinski definition) is 1. The lowest BCUT2D eigenvalue weighted by molar-refractivity contribution is -0.0558. The lowest BCUT2D eigenvalue weighted by atomic mass is 10.3. The molecule has 0 aliphatic heterocycles. The van der Waals surface area contributed by atoms with E-state index < -0.39 is 11.3 Å². The minimum atomic E-state index is -4.63. The lowest BCUT2D eigenvalue weighted by Crippen LogP contribution is -2.16. The molecule has 0 radical (unpaired) electrons. The molecule has 1 aromatic rings. The molecule has 0 aliphatic carbocycles. The highest BCUT2D eigenvalue weighted by molar-refractivity contribution is 9.11. The third-order valence-electron chi connectivity index (χ3n) is 1.38. The third kappa shape index (κ3) is 3.46. The van der Waals surface area contributed by atoms with Gasteiger partial charge in [-0.05, 0) is 44.0 Å². The van der Waals surface area contributed by atoms with Gasteiger partial charge in [0.05, 0.1) is 5.69 Å². The van der Waals surface area contributed by atoms with Crippen LogP contribution in [0.5, 0.6) is 0 Å². The van der Waals surface area contributed by atoms with Crippen LogP contribution in [0.25, 0.3) is 0 Å². The summed E-state index contributed by atoms with van der Waals surface area (Å²) in [6.45, 7) is 0. The van der Waals surface area contributed by atoms with E-state index >= 15 is 0 Å². The first-order valence-corrected chi connectivity index (χ1v) is 5.54. The molecule has 0 aromatic heterocycles. The molecule has 0 amide bonds. The average Bonchev–Trinajstić information content (AvgIpc) is 2.09. The molecule has 1 aromatic carbocycles. The Morgan fingerprint density at radius 2 is 1.67 bits per heavy atom. The number of nitrogens with zero attached hydrogens (tertiary/aromatic N) is 1. The van der Waals surface area contributed by atoms with E-state index in [0.717, 1.165) is 0 Å².